The molecular weight excluding hydrogens is 278 g/mol. The van der Waals surface area contributed by atoms with Gasteiger partial charge in [-0.3, -0.25) is 4.90 Å². The second kappa shape index (κ2) is 5.54. The van der Waals surface area contributed by atoms with Gasteiger partial charge in [0.25, 0.3) is 0 Å². The molecule has 0 spiro atoms. The van der Waals surface area contributed by atoms with Crippen LogP contribution < -0.4 is 0 Å². The van der Waals surface area contributed by atoms with Gasteiger partial charge in [0.05, 0.1) is 11.8 Å². The standard InChI is InChI=1S/C15H16F2N2O2/c1-9-4-11(18-21-9)7-19-8-12(20)6-15(19)13-5-10(16)2-3-14(13)17/h2-5,12,15,20H,6-8H2,1H3/t12-,15-/m1/s1. The normalized spacial score (nSPS) is 22.9. The quantitative estimate of drug-likeness (QED) is 0.945. The Kier molecular flexibility index (Phi) is 3.73. The zero-order valence-electron chi connectivity index (χ0n) is 11.6. The van der Waals surface area contributed by atoms with Crippen LogP contribution in [0.3, 0.4) is 0 Å². The Labute approximate surface area is 121 Å². The zero-order valence-corrected chi connectivity index (χ0v) is 11.6. The maximum Gasteiger partial charge on any atom is 0.133 e. The molecule has 1 aromatic carbocycles. The van der Waals surface area contributed by atoms with Crippen molar-refractivity contribution in [3.05, 3.63) is 52.9 Å². The van der Waals surface area contributed by atoms with Gasteiger partial charge in [-0.2, -0.15) is 0 Å². The Morgan fingerprint density at radius 2 is 2.19 bits per heavy atom. The van der Waals surface area contributed by atoms with Crippen LogP contribution >= 0.6 is 0 Å². The molecule has 6 heteroatoms. The summed E-state index contributed by atoms with van der Waals surface area (Å²) in [6.07, 6.45) is -0.192. The number of aliphatic hydroxyl groups excluding tert-OH is 1. The maximum absolute atomic E-state index is 14.0. The van der Waals surface area contributed by atoms with Crippen LogP contribution in [-0.4, -0.2) is 27.8 Å². The SMILES string of the molecule is Cc1cc(CN2C[C@H](O)C[C@@H]2c2cc(F)ccc2F)no1. The molecule has 4 nitrogen and oxygen atoms in total. The van der Waals surface area contributed by atoms with E-state index in [-0.39, 0.29) is 11.6 Å². The van der Waals surface area contributed by atoms with Crippen LogP contribution in [0.25, 0.3) is 0 Å². The van der Waals surface area contributed by atoms with Crippen molar-refractivity contribution in [2.75, 3.05) is 6.54 Å². The molecule has 0 aliphatic carbocycles. The third kappa shape index (κ3) is 2.96. The molecular formula is C15H16F2N2O2. The van der Waals surface area contributed by atoms with Crippen LogP contribution in [0.1, 0.15) is 29.5 Å². The summed E-state index contributed by atoms with van der Waals surface area (Å²) in [5, 5.41) is 13.8. The first kappa shape index (κ1) is 14.2. The van der Waals surface area contributed by atoms with Gasteiger partial charge in [-0.25, -0.2) is 8.78 Å². The number of aryl methyl sites for hydroxylation is 1. The molecule has 3 rings (SSSR count). The van der Waals surface area contributed by atoms with E-state index in [9.17, 15) is 13.9 Å². The Hall–Kier alpha value is -1.79. The molecule has 0 bridgehead atoms. The molecule has 2 heterocycles. The van der Waals surface area contributed by atoms with Gasteiger partial charge < -0.3 is 9.63 Å². The second-order valence-corrected chi connectivity index (χ2v) is 5.43. The fourth-order valence-electron chi connectivity index (χ4n) is 2.85. The summed E-state index contributed by atoms with van der Waals surface area (Å²) in [5.41, 5.74) is 0.982. The number of nitrogens with zero attached hydrogens (tertiary/aromatic N) is 2. The van der Waals surface area contributed by atoms with E-state index in [4.69, 9.17) is 4.52 Å². The smallest absolute Gasteiger partial charge is 0.133 e. The molecule has 1 aliphatic heterocycles. The van der Waals surface area contributed by atoms with E-state index in [1.54, 1.807) is 13.0 Å². The average molecular weight is 294 g/mol. The van der Waals surface area contributed by atoms with Crippen molar-refractivity contribution < 1.29 is 18.4 Å². The number of aromatic nitrogens is 1. The number of aliphatic hydroxyl groups is 1. The van der Waals surface area contributed by atoms with Crippen molar-refractivity contribution in [3.63, 3.8) is 0 Å². The highest BCUT2D eigenvalue weighted by Gasteiger charge is 2.34. The molecule has 112 valence electrons. The van der Waals surface area contributed by atoms with Crippen molar-refractivity contribution in [2.45, 2.75) is 32.0 Å². The van der Waals surface area contributed by atoms with E-state index in [0.717, 1.165) is 12.1 Å². The van der Waals surface area contributed by atoms with Crippen LogP contribution in [0, 0.1) is 18.6 Å². The predicted octanol–water partition coefficient (Wildman–Crippen LogP) is 2.57. The molecule has 21 heavy (non-hydrogen) atoms. The first-order valence-electron chi connectivity index (χ1n) is 6.82. The Morgan fingerprint density at radius 3 is 2.90 bits per heavy atom. The molecule has 1 fully saturated rings. The summed E-state index contributed by atoms with van der Waals surface area (Å²) in [5.74, 6) is -0.250. The van der Waals surface area contributed by atoms with Crippen molar-refractivity contribution >= 4 is 0 Å². The van der Waals surface area contributed by atoms with E-state index in [1.165, 1.54) is 6.07 Å². The van der Waals surface area contributed by atoms with E-state index in [1.807, 2.05) is 4.90 Å². The average Bonchev–Trinajstić information content (AvgIpc) is 2.99. The van der Waals surface area contributed by atoms with Gasteiger partial charge in [-0.1, -0.05) is 5.16 Å². The number of halogens is 2. The van der Waals surface area contributed by atoms with E-state index in [2.05, 4.69) is 5.16 Å². The second-order valence-electron chi connectivity index (χ2n) is 5.43. The van der Waals surface area contributed by atoms with Crippen molar-refractivity contribution in [1.29, 1.82) is 0 Å². The molecule has 1 aliphatic rings. The highest BCUT2D eigenvalue weighted by atomic mass is 19.1. The largest absolute Gasteiger partial charge is 0.392 e. The number of rotatable bonds is 3. The van der Waals surface area contributed by atoms with Crippen LogP contribution in [0.2, 0.25) is 0 Å². The van der Waals surface area contributed by atoms with Gasteiger partial charge in [-0.15, -0.1) is 0 Å². The molecule has 2 atom stereocenters. The molecule has 1 aromatic heterocycles. The number of benzene rings is 1. The highest BCUT2D eigenvalue weighted by molar-refractivity contribution is 5.24. The lowest BCUT2D eigenvalue weighted by molar-refractivity contribution is 0.171. The van der Waals surface area contributed by atoms with E-state index < -0.39 is 17.7 Å². The minimum absolute atomic E-state index is 0.270. The predicted molar refractivity (Wildman–Crippen MR) is 71.4 cm³/mol. The fraction of sp³-hybridized carbons (Fsp3) is 0.400. The Morgan fingerprint density at radius 1 is 1.38 bits per heavy atom. The van der Waals surface area contributed by atoms with E-state index in [0.29, 0.717) is 31.0 Å². The third-order valence-electron chi connectivity index (χ3n) is 3.74. The van der Waals surface area contributed by atoms with Gasteiger partial charge in [0, 0.05) is 30.8 Å². The molecule has 0 radical (unpaired) electrons. The topological polar surface area (TPSA) is 49.5 Å². The van der Waals surface area contributed by atoms with Crippen LogP contribution in [-0.2, 0) is 6.54 Å². The van der Waals surface area contributed by atoms with Crippen LogP contribution in [0.4, 0.5) is 8.78 Å². The third-order valence-corrected chi connectivity index (χ3v) is 3.74. The molecule has 0 saturated carbocycles. The highest BCUT2D eigenvalue weighted by Crippen LogP contribution is 2.35. The van der Waals surface area contributed by atoms with Gasteiger partial charge in [0.15, 0.2) is 0 Å². The molecule has 2 aromatic rings. The number of hydrogen-bond donors (Lipinski definition) is 1. The molecule has 1 saturated heterocycles. The Bertz CT molecular complexity index is 644. The lowest BCUT2D eigenvalue weighted by Crippen LogP contribution is -2.25. The summed E-state index contributed by atoms with van der Waals surface area (Å²) in [6.45, 7) is 2.61. The zero-order chi connectivity index (χ0) is 15.0. The Balaban J connectivity index is 1.86. The van der Waals surface area contributed by atoms with Gasteiger partial charge in [0.2, 0.25) is 0 Å². The van der Waals surface area contributed by atoms with Crippen molar-refractivity contribution in [2.24, 2.45) is 0 Å². The van der Waals surface area contributed by atoms with Gasteiger partial charge >= 0.3 is 0 Å². The van der Waals surface area contributed by atoms with Crippen molar-refractivity contribution in [1.82, 2.24) is 10.1 Å². The fourth-order valence-corrected chi connectivity index (χ4v) is 2.85. The van der Waals surface area contributed by atoms with Crippen LogP contribution in [0.5, 0.6) is 0 Å². The molecule has 0 amide bonds. The molecule has 0 unspecified atom stereocenters. The lowest BCUT2D eigenvalue weighted by atomic mass is 10.0. The van der Waals surface area contributed by atoms with E-state index >= 15 is 0 Å². The maximum atomic E-state index is 14.0. The number of likely N-dealkylation sites (tertiary alicyclic amines) is 1. The number of β-amino-alcohol motifs (C(OH)–C–C–N with tert-alkyl or cyclic N) is 1. The summed E-state index contributed by atoms with van der Waals surface area (Å²) in [7, 11) is 0. The minimum Gasteiger partial charge on any atom is -0.392 e. The lowest BCUT2D eigenvalue weighted by Gasteiger charge is -2.23. The minimum atomic E-state index is -0.564. The summed E-state index contributed by atoms with van der Waals surface area (Å²) < 4.78 is 32.3. The summed E-state index contributed by atoms with van der Waals surface area (Å²) in [4.78, 5) is 1.89. The first-order chi connectivity index (χ1) is 10.0. The van der Waals surface area contributed by atoms with Gasteiger partial charge in [-0.05, 0) is 31.5 Å². The number of hydrogen-bond acceptors (Lipinski definition) is 4. The summed E-state index contributed by atoms with van der Waals surface area (Å²) >= 11 is 0. The van der Waals surface area contributed by atoms with Gasteiger partial charge in [0.1, 0.15) is 17.4 Å². The van der Waals surface area contributed by atoms with Crippen LogP contribution in [0.15, 0.2) is 28.8 Å². The monoisotopic (exact) mass is 294 g/mol. The molecule has 1 N–H and O–H groups in total. The summed E-state index contributed by atoms with van der Waals surface area (Å²) in [6, 6.07) is 4.83. The first-order valence-corrected chi connectivity index (χ1v) is 6.82. The van der Waals surface area contributed by atoms with Crippen molar-refractivity contribution in [3.8, 4) is 0 Å².